The van der Waals surface area contributed by atoms with Gasteiger partial charge in [0.15, 0.2) is 0 Å². The van der Waals surface area contributed by atoms with Crippen LogP contribution >= 0.6 is 0 Å². The average Bonchev–Trinajstić information content (AvgIpc) is 2.44. The molecule has 22 heavy (non-hydrogen) atoms. The van der Waals surface area contributed by atoms with Gasteiger partial charge in [-0.2, -0.15) is 0 Å². The molecule has 0 aliphatic heterocycles. The van der Waals surface area contributed by atoms with Crippen LogP contribution in [-0.2, 0) is 12.0 Å². The fourth-order valence-electron chi connectivity index (χ4n) is 2.61. The maximum Gasteiger partial charge on any atom is 0.0711 e. The molecule has 1 N–H and O–H groups in total. The molecule has 0 aliphatic rings. The van der Waals surface area contributed by atoms with E-state index >= 15 is 0 Å². The van der Waals surface area contributed by atoms with Gasteiger partial charge in [-0.1, -0.05) is 34.1 Å². The quantitative estimate of drug-likeness (QED) is 0.782. The Morgan fingerprint density at radius 2 is 1.73 bits per heavy atom. The number of pyridine rings is 1. The number of hydrogen-bond donors (Lipinski definition) is 1. The summed E-state index contributed by atoms with van der Waals surface area (Å²) in [4.78, 5) is 4.93. The lowest BCUT2D eigenvalue weighted by Gasteiger charge is -2.21. The minimum Gasteiger partial charge on any atom is -0.313 e. The van der Waals surface area contributed by atoms with Crippen molar-refractivity contribution in [2.75, 3.05) is 6.54 Å². The third-order valence-corrected chi connectivity index (χ3v) is 4.30. The molecule has 120 valence electrons. The van der Waals surface area contributed by atoms with Crippen molar-refractivity contribution >= 4 is 10.9 Å². The smallest absolute Gasteiger partial charge is 0.0711 e. The molecule has 0 fully saturated rings. The van der Waals surface area contributed by atoms with Crippen molar-refractivity contribution in [3.8, 4) is 0 Å². The molecule has 1 heterocycles. The number of nitrogens with zero attached hydrogens (tertiary/aromatic N) is 1. The molecule has 0 aliphatic carbocycles. The van der Waals surface area contributed by atoms with Gasteiger partial charge in [-0.15, -0.1) is 0 Å². The first kappa shape index (κ1) is 17.0. The molecule has 0 atom stereocenters. The first-order valence-electron chi connectivity index (χ1n) is 8.45. The van der Waals surface area contributed by atoms with E-state index in [1.165, 1.54) is 40.6 Å². The van der Waals surface area contributed by atoms with E-state index in [9.17, 15) is 0 Å². The van der Waals surface area contributed by atoms with Crippen LogP contribution in [0.2, 0.25) is 0 Å². The van der Waals surface area contributed by atoms with E-state index in [-0.39, 0.29) is 5.41 Å². The number of hydrogen-bond acceptors (Lipinski definition) is 2. The molecule has 0 saturated carbocycles. The van der Waals surface area contributed by atoms with Crippen LogP contribution < -0.4 is 5.32 Å². The highest BCUT2D eigenvalue weighted by atomic mass is 14.8. The highest BCUT2D eigenvalue weighted by Gasteiger charge is 2.18. The van der Waals surface area contributed by atoms with Gasteiger partial charge in [0.1, 0.15) is 0 Å². The Balaban J connectivity index is 2.47. The molecule has 2 aromatic rings. The normalized spacial score (nSPS) is 12.1. The van der Waals surface area contributed by atoms with Gasteiger partial charge in [0, 0.05) is 23.0 Å². The summed E-state index contributed by atoms with van der Waals surface area (Å²) in [5.41, 5.74) is 6.40. The average molecular weight is 298 g/mol. The Labute approximate surface area is 135 Å². The van der Waals surface area contributed by atoms with Crippen LogP contribution in [0.25, 0.3) is 10.9 Å². The number of fused-ring (bicyclic) bond motifs is 1. The van der Waals surface area contributed by atoms with Gasteiger partial charge in [-0.3, -0.25) is 4.98 Å². The summed E-state index contributed by atoms with van der Waals surface area (Å²) < 4.78 is 0. The zero-order valence-corrected chi connectivity index (χ0v) is 15.0. The van der Waals surface area contributed by atoms with Gasteiger partial charge in [0.25, 0.3) is 0 Å². The predicted molar refractivity (Wildman–Crippen MR) is 96.5 cm³/mol. The summed E-state index contributed by atoms with van der Waals surface area (Å²) >= 11 is 0. The number of aromatic nitrogens is 1. The summed E-state index contributed by atoms with van der Waals surface area (Å²) in [7, 11) is 0. The SMILES string of the molecule is CCCCNCc1cc(C(C)(C)C)nc2cc(C)c(C)cc12. The molecular formula is C20H30N2. The van der Waals surface area contributed by atoms with Gasteiger partial charge in [0.2, 0.25) is 0 Å². The fourth-order valence-corrected chi connectivity index (χ4v) is 2.61. The van der Waals surface area contributed by atoms with E-state index in [2.05, 4.69) is 65.1 Å². The summed E-state index contributed by atoms with van der Waals surface area (Å²) in [6, 6.07) is 6.81. The van der Waals surface area contributed by atoms with Gasteiger partial charge < -0.3 is 5.32 Å². The van der Waals surface area contributed by atoms with Crippen LogP contribution in [-0.4, -0.2) is 11.5 Å². The third-order valence-electron chi connectivity index (χ3n) is 4.30. The van der Waals surface area contributed by atoms with Gasteiger partial charge in [-0.05, 0) is 61.7 Å². The number of aryl methyl sites for hydroxylation is 2. The van der Waals surface area contributed by atoms with E-state index < -0.39 is 0 Å². The van der Waals surface area contributed by atoms with Crippen LogP contribution in [0.15, 0.2) is 18.2 Å². The standard InChI is InChI=1S/C20H30N2/c1-7-8-9-21-13-16-12-19(20(4,5)6)22-18-11-15(3)14(2)10-17(16)18/h10-12,21H,7-9,13H2,1-6H3. The lowest BCUT2D eigenvalue weighted by molar-refractivity contribution is 0.569. The van der Waals surface area contributed by atoms with E-state index in [1.807, 2.05) is 0 Å². The summed E-state index contributed by atoms with van der Waals surface area (Å²) in [6.45, 7) is 15.3. The molecule has 0 radical (unpaired) electrons. The first-order chi connectivity index (χ1) is 10.3. The van der Waals surface area contributed by atoms with Crippen LogP contribution in [0.1, 0.15) is 62.9 Å². The lowest BCUT2D eigenvalue weighted by atomic mass is 9.89. The highest BCUT2D eigenvalue weighted by Crippen LogP contribution is 2.28. The second-order valence-corrected chi connectivity index (χ2v) is 7.40. The van der Waals surface area contributed by atoms with Crippen LogP contribution in [0.5, 0.6) is 0 Å². The molecule has 0 amide bonds. The van der Waals surface area contributed by atoms with Gasteiger partial charge in [0.05, 0.1) is 5.52 Å². The van der Waals surface area contributed by atoms with Gasteiger partial charge in [-0.25, -0.2) is 0 Å². The van der Waals surface area contributed by atoms with E-state index in [1.54, 1.807) is 0 Å². The Kier molecular flexibility index (Phi) is 5.23. The molecule has 1 aromatic heterocycles. The molecule has 0 unspecified atom stereocenters. The zero-order chi connectivity index (χ0) is 16.3. The van der Waals surface area contributed by atoms with Crippen LogP contribution in [0.4, 0.5) is 0 Å². The Morgan fingerprint density at radius 3 is 2.36 bits per heavy atom. The van der Waals surface area contributed by atoms with E-state index in [0.29, 0.717) is 0 Å². The molecule has 0 saturated heterocycles. The third kappa shape index (κ3) is 3.86. The molecule has 1 aromatic carbocycles. The molecule has 2 nitrogen and oxygen atoms in total. The number of unbranched alkanes of at least 4 members (excludes halogenated alkanes) is 1. The van der Waals surface area contributed by atoms with Crippen molar-refractivity contribution in [3.05, 3.63) is 40.6 Å². The maximum atomic E-state index is 4.93. The Bertz CT molecular complexity index is 651. The zero-order valence-electron chi connectivity index (χ0n) is 15.0. The molecule has 2 rings (SSSR count). The predicted octanol–water partition coefficient (Wildman–Crippen LogP) is 5.04. The minimum absolute atomic E-state index is 0.0746. The minimum atomic E-state index is 0.0746. The molecule has 0 spiro atoms. The molecule has 2 heteroatoms. The number of rotatable bonds is 5. The van der Waals surface area contributed by atoms with Crippen molar-refractivity contribution in [3.63, 3.8) is 0 Å². The maximum absolute atomic E-state index is 4.93. The molecule has 0 bridgehead atoms. The number of benzene rings is 1. The summed E-state index contributed by atoms with van der Waals surface area (Å²) in [5, 5.41) is 4.87. The lowest BCUT2D eigenvalue weighted by Crippen LogP contribution is -2.18. The van der Waals surface area contributed by atoms with Crippen LogP contribution in [0.3, 0.4) is 0 Å². The molecular weight excluding hydrogens is 268 g/mol. The number of nitrogens with one attached hydrogen (secondary N) is 1. The van der Waals surface area contributed by atoms with Crippen LogP contribution in [0, 0.1) is 13.8 Å². The second kappa shape index (κ2) is 6.78. The van der Waals surface area contributed by atoms with E-state index in [0.717, 1.165) is 18.6 Å². The Hall–Kier alpha value is -1.41. The Morgan fingerprint density at radius 1 is 1.05 bits per heavy atom. The van der Waals surface area contributed by atoms with Crippen molar-refractivity contribution in [1.29, 1.82) is 0 Å². The monoisotopic (exact) mass is 298 g/mol. The fraction of sp³-hybridized carbons (Fsp3) is 0.550. The summed E-state index contributed by atoms with van der Waals surface area (Å²) in [5.74, 6) is 0. The first-order valence-corrected chi connectivity index (χ1v) is 8.45. The van der Waals surface area contributed by atoms with E-state index in [4.69, 9.17) is 4.98 Å². The summed E-state index contributed by atoms with van der Waals surface area (Å²) in [6.07, 6.45) is 2.46. The van der Waals surface area contributed by atoms with Crippen molar-refractivity contribution in [2.24, 2.45) is 0 Å². The van der Waals surface area contributed by atoms with Crippen molar-refractivity contribution in [2.45, 2.75) is 66.3 Å². The van der Waals surface area contributed by atoms with Crippen molar-refractivity contribution < 1.29 is 0 Å². The second-order valence-electron chi connectivity index (χ2n) is 7.40. The van der Waals surface area contributed by atoms with Crippen molar-refractivity contribution in [1.82, 2.24) is 10.3 Å². The highest BCUT2D eigenvalue weighted by molar-refractivity contribution is 5.84. The largest absolute Gasteiger partial charge is 0.313 e. The van der Waals surface area contributed by atoms with Gasteiger partial charge >= 0.3 is 0 Å². The topological polar surface area (TPSA) is 24.9 Å².